The number of aromatic nitrogens is 3. The van der Waals surface area contributed by atoms with Crippen LogP contribution in [0.25, 0.3) is 144 Å². The molecule has 0 bridgehead atoms. The zero-order valence-corrected chi connectivity index (χ0v) is 40.6. The highest BCUT2D eigenvalue weighted by Gasteiger charge is 2.52. The van der Waals surface area contributed by atoms with Gasteiger partial charge in [0.15, 0.2) is 17.5 Å². The molecule has 0 unspecified atom stereocenters. The third-order valence-corrected chi connectivity index (χ3v) is 16.2. The van der Waals surface area contributed by atoms with Crippen LogP contribution in [-0.2, 0) is 5.41 Å². The predicted octanol–water partition coefficient (Wildman–Crippen LogP) is 18.2. The summed E-state index contributed by atoms with van der Waals surface area (Å²) in [7, 11) is 0. The van der Waals surface area contributed by atoms with Gasteiger partial charge in [-0.05, 0) is 109 Å². The lowest BCUT2D eigenvalue weighted by atomic mass is 9.68. The third kappa shape index (κ3) is 5.62. The Kier molecular flexibility index (Phi) is 8.39. The number of rotatable bonds is 5. The Morgan fingerprint density at radius 1 is 0.250 bits per heavy atom. The molecule has 0 aliphatic heterocycles. The Morgan fingerprint density at radius 2 is 0.605 bits per heavy atom. The van der Waals surface area contributed by atoms with Crippen LogP contribution in [0, 0.1) is 0 Å². The smallest absolute Gasteiger partial charge is 0.164 e. The maximum absolute atomic E-state index is 6.67. The molecule has 0 saturated heterocycles. The van der Waals surface area contributed by atoms with Gasteiger partial charge < -0.3 is 13.3 Å². The zero-order chi connectivity index (χ0) is 49.6. The summed E-state index contributed by atoms with van der Waals surface area (Å²) in [6.45, 7) is 0. The van der Waals surface area contributed by atoms with Gasteiger partial charge in [0, 0.05) is 49.0 Å². The van der Waals surface area contributed by atoms with Crippen molar-refractivity contribution in [3.05, 3.63) is 259 Å². The monoisotopic (exact) mass is 969 g/mol. The number of furan rings is 3. The Balaban J connectivity index is 0.828. The fourth-order valence-electron chi connectivity index (χ4n) is 13.1. The van der Waals surface area contributed by atoms with Crippen molar-refractivity contribution in [3.63, 3.8) is 0 Å². The molecule has 0 atom stereocenters. The molecule has 2 aliphatic carbocycles. The summed E-state index contributed by atoms with van der Waals surface area (Å²) in [4.78, 5) is 16.1. The molecule has 6 heteroatoms. The minimum atomic E-state index is -0.443. The van der Waals surface area contributed by atoms with Crippen molar-refractivity contribution in [2.75, 3.05) is 0 Å². The van der Waals surface area contributed by atoms with Crippen molar-refractivity contribution in [2.45, 2.75) is 5.41 Å². The van der Waals surface area contributed by atoms with Crippen molar-refractivity contribution in [1.82, 2.24) is 15.0 Å². The van der Waals surface area contributed by atoms with Crippen LogP contribution in [0.1, 0.15) is 22.3 Å². The van der Waals surface area contributed by atoms with E-state index in [1.165, 1.54) is 55.6 Å². The second-order valence-corrected chi connectivity index (χ2v) is 20.0. The normalized spacial score (nSPS) is 13.1. The molecule has 76 heavy (non-hydrogen) atoms. The largest absolute Gasteiger partial charge is 0.456 e. The molecular weight excluding hydrogens is 931 g/mol. The lowest BCUT2D eigenvalue weighted by Gasteiger charge is -2.32. The standard InChI is InChI=1S/C70H39N3O3/c1-6-25-54-44(15-1)45-16-2-7-26-55(45)70(54)56-27-8-3-17-46(56)47-21-11-20-43(66(47)70)41-35-33-40(34-36-41)42-37-38-59-53(39-42)65-52(24-14-32-62(65)76-59)69-72-67(50-22-12-30-60-63(50)48-18-4-9-28-57(48)74-60)71-68(73-69)51-23-13-31-61-64(51)49-19-5-10-29-58(49)75-61/h1-39H. The zero-order valence-electron chi connectivity index (χ0n) is 40.6. The van der Waals surface area contributed by atoms with Gasteiger partial charge in [-0.3, -0.25) is 0 Å². The number of para-hydroxylation sites is 2. The summed E-state index contributed by atoms with van der Waals surface area (Å²) in [5.41, 5.74) is 21.9. The second kappa shape index (κ2) is 15.4. The summed E-state index contributed by atoms with van der Waals surface area (Å²) in [6.07, 6.45) is 0. The van der Waals surface area contributed by atoms with E-state index >= 15 is 0 Å². The highest BCUT2D eigenvalue weighted by atomic mass is 16.3. The van der Waals surface area contributed by atoms with Crippen LogP contribution < -0.4 is 0 Å². The second-order valence-electron chi connectivity index (χ2n) is 20.0. The SMILES string of the molecule is c1ccc2c(c1)-c1ccccc1C21c2ccccc2-c2cccc(-c3ccc(-c4ccc5oc6cccc(-c7nc(-c8cccc9oc%10ccccc%10c89)nc(-c8cccc9oc%10ccccc%10c89)n7)c6c5c4)cc3)c21. The van der Waals surface area contributed by atoms with Gasteiger partial charge in [-0.1, -0.05) is 194 Å². The third-order valence-electron chi connectivity index (χ3n) is 16.2. The van der Waals surface area contributed by atoms with E-state index in [2.05, 4.69) is 164 Å². The Hall–Kier alpha value is -10.2. The quantitative estimate of drug-likeness (QED) is 0.171. The van der Waals surface area contributed by atoms with Gasteiger partial charge in [-0.25, -0.2) is 15.0 Å². The van der Waals surface area contributed by atoms with Gasteiger partial charge in [0.2, 0.25) is 0 Å². The van der Waals surface area contributed by atoms with Crippen LogP contribution in [0.15, 0.2) is 250 Å². The molecule has 0 N–H and O–H groups in total. The maximum atomic E-state index is 6.67. The molecule has 0 fully saturated rings. The van der Waals surface area contributed by atoms with E-state index in [1.54, 1.807) is 0 Å². The van der Waals surface area contributed by atoms with E-state index in [0.717, 1.165) is 93.6 Å². The number of fused-ring (bicyclic) bond motifs is 19. The number of benzene rings is 11. The minimum Gasteiger partial charge on any atom is -0.456 e. The summed E-state index contributed by atoms with van der Waals surface area (Å²) in [5, 5.41) is 5.80. The molecule has 1 spiro atoms. The van der Waals surface area contributed by atoms with Gasteiger partial charge >= 0.3 is 0 Å². The van der Waals surface area contributed by atoms with Crippen LogP contribution >= 0.6 is 0 Å². The van der Waals surface area contributed by atoms with E-state index in [9.17, 15) is 0 Å². The minimum absolute atomic E-state index is 0.443. The average Bonchev–Trinajstić information content (AvgIpc) is 4.48. The van der Waals surface area contributed by atoms with Crippen molar-refractivity contribution < 1.29 is 13.3 Å². The Bertz CT molecular complexity index is 4760. The number of nitrogens with zero attached hydrogens (tertiary/aromatic N) is 3. The maximum Gasteiger partial charge on any atom is 0.164 e. The molecular formula is C70H39N3O3. The first kappa shape index (κ1) is 41.3. The van der Waals surface area contributed by atoms with Crippen LogP contribution in [-0.4, -0.2) is 15.0 Å². The molecule has 11 aromatic carbocycles. The van der Waals surface area contributed by atoms with Gasteiger partial charge in [0.25, 0.3) is 0 Å². The lowest BCUT2D eigenvalue weighted by molar-refractivity contribution is 0.668. The summed E-state index contributed by atoms with van der Waals surface area (Å²) < 4.78 is 19.4. The first-order valence-corrected chi connectivity index (χ1v) is 25.7. The molecule has 2 aliphatic rings. The van der Waals surface area contributed by atoms with Gasteiger partial charge in [0.05, 0.1) is 5.41 Å². The first-order valence-electron chi connectivity index (χ1n) is 25.7. The first-order chi connectivity index (χ1) is 37.7. The molecule has 6 nitrogen and oxygen atoms in total. The van der Waals surface area contributed by atoms with Crippen LogP contribution in [0.2, 0.25) is 0 Å². The average molecular weight is 970 g/mol. The van der Waals surface area contributed by atoms with E-state index in [4.69, 9.17) is 28.2 Å². The number of hydrogen-bond acceptors (Lipinski definition) is 6. The molecule has 0 saturated carbocycles. The molecule has 0 radical (unpaired) electrons. The summed E-state index contributed by atoms with van der Waals surface area (Å²) >= 11 is 0. The Morgan fingerprint density at radius 3 is 1.13 bits per heavy atom. The van der Waals surface area contributed by atoms with Gasteiger partial charge in [-0.2, -0.15) is 0 Å². The van der Waals surface area contributed by atoms with E-state index < -0.39 is 5.41 Å². The lowest BCUT2D eigenvalue weighted by Crippen LogP contribution is -2.26. The molecule has 15 aromatic rings. The summed E-state index contributed by atoms with van der Waals surface area (Å²) in [6, 6.07) is 83.9. The van der Waals surface area contributed by atoms with Crippen LogP contribution in [0.3, 0.4) is 0 Å². The fourth-order valence-corrected chi connectivity index (χ4v) is 13.1. The predicted molar refractivity (Wildman–Crippen MR) is 305 cm³/mol. The topological polar surface area (TPSA) is 78.1 Å². The Labute approximate surface area is 434 Å². The molecule has 4 heterocycles. The molecule has 0 amide bonds. The van der Waals surface area contributed by atoms with Crippen molar-refractivity contribution >= 4 is 65.8 Å². The van der Waals surface area contributed by atoms with Crippen molar-refractivity contribution in [1.29, 1.82) is 0 Å². The highest BCUT2D eigenvalue weighted by Crippen LogP contribution is 2.64. The van der Waals surface area contributed by atoms with E-state index in [-0.39, 0.29) is 0 Å². The number of hydrogen-bond donors (Lipinski definition) is 0. The van der Waals surface area contributed by atoms with Crippen molar-refractivity contribution in [2.24, 2.45) is 0 Å². The van der Waals surface area contributed by atoms with Crippen molar-refractivity contribution in [3.8, 4) is 78.7 Å². The van der Waals surface area contributed by atoms with Gasteiger partial charge in [0.1, 0.15) is 33.5 Å². The molecule has 352 valence electrons. The van der Waals surface area contributed by atoms with Gasteiger partial charge in [-0.15, -0.1) is 0 Å². The van der Waals surface area contributed by atoms with E-state index in [1.807, 2.05) is 72.8 Å². The molecule has 4 aromatic heterocycles. The summed E-state index contributed by atoms with van der Waals surface area (Å²) in [5.74, 6) is 1.60. The van der Waals surface area contributed by atoms with Crippen LogP contribution in [0.5, 0.6) is 0 Å². The van der Waals surface area contributed by atoms with Crippen LogP contribution in [0.4, 0.5) is 0 Å². The molecule has 17 rings (SSSR count). The highest BCUT2D eigenvalue weighted by molar-refractivity contribution is 6.15. The fraction of sp³-hybridized carbons (Fsp3) is 0.0143. The van der Waals surface area contributed by atoms with E-state index in [0.29, 0.717) is 17.5 Å².